The van der Waals surface area contributed by atoms with Gasteiger partial charge in [-0.15, -0.1) is 0 Å². The number of carbonyl (C=O) groups excluding carboxylic acids is 1. The molecule has 6 nitrogen and oxygen atoms in total. The van der Waals surface area contributed by atoms with Crippen molar-refractivity contribution < 1.29 is 9.72 Å². The van der Waals surface area contributed by atoms with Crippen LogP contribution in [0, 0.1) is 16.0 Å². The van der Waals surface area contributed by atoms with Crippen molar-refractivity contribution in [2.75, 3.05) is 18.9 Å². The maximum Gasteiger partial charge on any atom is 0.270 e. The number of nitrogens with zero attached hydrogens (tertiary/aromatic N) is 1. The van der Waals surface area contributed by atoms with Gasteiger partial charge in [-0.25, -0.2) is 0 Å². The van der Waals surface area contributed by atoms with E-state index in [0.717, 1.165) is 12.3 Å². The molecule has 0 aliphatic heterocycles. The molecule has 0 radical (unpaired) electrons. The molecule has 0 spiro atoms. The number of nitro groups is 1. The lowest BCUT2D eigenvalue weighted by molar-refractivity contribution is -0.384. The maximum atomic E-state index is 12.0. The topological polar surface area (TPSA) is 84.3 Å². The van der Waals surface area contributed by atoms with Gasteiger partial charge in [0.05, 0.1) is 10.5 Å². The van der Waals surface area contributed by atoms with Crippen LogP contribution in [-0.2, 0) is 0 Å². The Kier molecular flexibility index (Phi) is 3.99. The third-order valence-corrected chi connectivity index (χ3v) is 3.26. The Morgan fingerprint density at radius 3 is 2.79 bits per heavy atom. The van der Waals surface area contributed by atoms with Crippen molar-refractivity contribution in [1.82, 2.24) is 5.32 Å². The highest BCUT2D eigenvalue weighted by Crippen LogP contribution is 2.31. The molecule has 0 bridgehead atoms. The van der Waals surface area contributed by atoms with Crippen LogP contribution in [-0.4, -0.2) is 24.4 Å². The molecule has 1 aromatic carbocycles. The molecule has 1 fully saturated rings. The molecule has 1 amide bonds. The summed E-state index contributed by atoms with van der Waals surface area (Å²) in [5.41, 5.74) is 0.827. The van der Waals surface area contributed by atoms with Crippen LogP contribution in [0.3, 0.4) is 0 Å². The Morgan fingerprint density at radius 2 is 2.21 bits per heavy atom. The lowest BCUT2D eigenvalue weighted by Crippen LogP contribution is -2.25. The zero-order valence-electron chi connectivity index (χ0n) is 10.8. The van der Waals surface area contributed by atoms with Gasteiger partial charge in [-0.3, -0.25) is 14.9 Å². The van der Waals surface area contributed by atoms with Gasteiger partial charge in [0.15, 0.2) is 0 Å². The number of non-ortho nitro benzene ring substituents is 1. The van der Waals surface area contributed by atoms with Crippen molar-refractivity contribution >= 4 is 17.3 Å². The van der Waals surface area contributed by atoms with E-state index in [9.17, 15) is 14.9 Å². The van der Waals surface area contributed by atoms with Crippen molar-refractivity contribution in [3.8, 4) is 0 Å². The number of hydrogen-bond acceptors (Lipinski definition) is 4. The zero-order chi connectivity index (χ0) is 13.8. The SMILES string of the molecule is CNc1ccc([N+](=O)[O-])cc1C(=O)NCCC1CC1. The van der Waals surface area contributed by atoms with Crippen LogP contribution in [0.2, 0.25) is 0 Å². The Morgan fingerprint density at radius 1 is 1.47 bits per heavy atom. The summed E-state index contributed by atoms with van der Waals surface area (Å²) < 4.78 is 0. The molecule has 1 aliphatic carbocycles. The van der Waals surface area contributed by atoms with Crippen LogP contribution in [0.25, 0.3) is 0 Å². The number of hydrogen-bond donors (Lipinski definition) is 2. The Labute approximate surface area is 111 Å². The third-order valence-electron chi connectivity index (χ3n) is 3.26. The average Bonchev–Trinajstić information content (AvgIpc) is 3.21. The van der Waals surface area contributed by atoms with Gasteiger partial charge < -0.3 is 10.6 Å². The van der Waals surface area contributed by atoms with Crippen molar-refractivity contribution in [3.63, 3.8) is 0 Å². The first-order valence-corrected chi connectivity index (χ1v) is 6.36. The summed E-state index contributed by atoms with van der Waals surface area (Å²) in [5.74, 6) is 0.475. The molecular formula is C13H17N3O3. The zero-order valence-corrected chi connectivity index (χ0v) is 10.8. The first-order valence-electron chi connectivity index (χ1n) is 6.36. The monoisotopic (exact) mass is 263 g/mol. The van der Waals surface area contributed by atoms with Gasteiger partial charge in [0.1, 0.15) is 0 Å². The fourth-order valence-corrected chi connectivity index (χ4v) is 1.94. The minimum Gasteiger partial charge on any atom is -0.387 e. The van der Waals surface area contributed by atoms with E-state index in [1.54, 1.807) is 13.1 Å². The van der Waals surface area contributed by atoms with Gasteiger partial charge in [0, 0.05) is 31.4 Å². The van der Waals surface area contributed by atoms with Crippen LogP contribution in [0.15, 0.2) is 18.2 Å². The number of nitro benzene ring substituents is 1. The summed E-state index contributed by atoms with van der Waals surface area (Å²) in [6, 6.07) is 4.24. The molecule has 0 atom stereocenters. The number of amides is 1. The van der Waals surface area contributed by atoms with Crippen molar-refractivity contribution in [2.24, 2.45) is 5.92 Å². The van der Waals surface area contributed by atoms with E-state index in [4.69, 9.17) is 0 Å². The molecule has 2 rings (SSSR count). The summed E-state index contributed by atoms with van der Waals surface area (Å²) in [5, 5.41) is 16.4. The summed E-state index contributed by atoms with van der Waals surface area (Å²) >= 11 is 0. The molecular weight excluding hydrogens is 246 g/mol. The predicted octanol–water partition coefficient (Wildman–Crippen LogP) is 2.17. The van der Waals surface area contributed by atoms with Crippen LogP contribution in [0.4, 0.5) is 11.4 Å². The van der Waals surface area contributed by atoms with E-state index in [0.29, 0.717) is 17.8 Å². The number of nitrogens with one attached hydrogen (secondary N) is 2. The first-order chi connectivity index (χ1) is 9.11. The summed E-state index contributed by atoms with van der Waals surface area (Å²) in [4.78, 5) is 22.3. The Bertz CT molecular complexity index is 498. The first kappa shape index (κ1) is 13.3. The maximum absolute atomic E-state index is 12.0. The van der Waals surface area contributed by atoms with Crippen LogP contribution < -0.4 is 10.6 Å². The van der Waals surface area contributed by atoms with Crippen LogP contribution in [0.1, 0.15) is 29.6 Å². The van der Waals surface area contributed by atoms with E-state index >= 15 is 0 Å². The Balaban J connectivity index is 2.08. The second-order valence-electron chi connectivity index (χ2n) is 4.72. The van der Waals surface area contributed by atoms with Gasteiger partial charge in [-0.2, -0.15) is 0 Å². The molecule has 1 aliphatic rings. The van der Waals surface area contributed by atoms with Crippen molar-refractivity contribution in [3.05, 3.63) is 33.9 Å². The minimum atomic E-state index is -0.500. The summed E-state index contributed by atoms with van der Waals surface area (Å²) in [6.45, 7) is 0.620. The van der Waals surface area contributed by atoms with Gasteiger partial charge in [-0.1, -0.05) is 12.8 Å². The highest BCUT2D eigenvalue weighted by atomic mass is 16.6. The molecule has 0 aromatic heterocycles. The highest BCUT2D eigenvalue weighted by molar-refractivity contribution is 6.00. The Hall–Kier alpha value is -2.11. The molecule has 102 valence electrons. The molecule has 1 saturated carbocycles. The quantitative estimate of drug-likeness (QED) is 0.608. The summed E-state index contributed by atoms with van der Waals surface area (Å²) in [6.07, 6.45) is 3.47. The molecule has 6 heteroatoms. The molecule has 0 saturated heterocycles. The lowest BCUT2D eigenvalue weighted by Gasteiger charge is -2.09. The van der Waals surface area contributed by atoms with Gasteiger partial charge in [-0.05, 0) is 18.4 Å². The number of anilines is 1. The number of benzene rings is 1. The normalized spacial score (nSPS) is 13.9. The van der Waals surface area contributed by atoms with Gasteiger partial charge in [0.2, 0.25) is 0 Å². The third kappa shape index (κ3) is 3.43. The van der Waals surface area contributed by atoms with Crippen LogP contribution in [0.5, 0.6) is 0 Å². The number of carbonyl (C=O) groups is 1. The van der Waals surface area contributed by atoms with Crippen molar-refractivity contribution in [1.29, 1.82) is 0 Å². The number of rotatable bonds is 6. The summed E-state index contributed by atoms with van der Waals surface area (Å²) in [7, 11) is 1.68. The van der Waals surface area contributed by atoms with E-state index in [1.165, 1.54) is 25.0 Å². The smallest absolute Gasteiger partial charge is 0.270 e. The van der Waals surface area contributed by atoms with Gasteiger partial charge in [0.25, 0.3) is 11.6 Å². The minimum absolute atomic E-state index is 0.0775. The van der Waals surface area contributed by atoms with E-state index in [-0.39, 0.29) is 11.6 Å². The molecule has 0 heterocycles. The predicted molar refractivity (Wildman–Crippen MR) is 72.3 cm³/mol. The largest absolute Gasteiger partial charge is 0.387 e. The lowest BCUT2D eigenvalue weighted by atomic mass is 10.1. The molecule has 1 aromatic rings. The van der Waals surface area contributed by atoms with Crippen LogP contribution >= 0.6 is 0 Å². The highest BCUT2D eigenvalue weighted by Gasteiger charge is 2.21. The second kappa shape index (κ2) is 5.69. The van der Waals surface area contributed by atoms with E-state index < -0.39 is 4.92 Å². The van der Waals surface area contributed by atoms with E-state index in [2.05, 4.69) is 10.6 Å². The van der Waals surface area contributed by atoms with Crippen molar-refractivity contribution in [2.45, 2.75) is 19.3 Å². The molecule has 19 heavy (non-hydrogen) atoms. The fraction of sp³-hybridized carbons (Fsp3) is 0.462. The average molecular weight is 263 g/mol. The molecule has 0 unspecified atom stereocenters. The van der Waals surface area contributed by atoms with E-state index in [1.807, 2.05) is 0 Å². The fourth-order valence-electron chi connectivity index (χ4n) is 1.94. The van der Waals surface area contributed by atoms with Gasteiger partial charge >= 0.3 is 0 Å². The molecule has 2 N–H and O–H groups in total. The standard InChI is InChI=1S/C13H17N3O3/c1-14-12-5-4-10(16(18)19)8-11(12)13(17)15-7-6-9-2-3-9/h4-5,8-9,14H,2-3,6-7H2,1H3,(H,15,17). The second-order valence-corrected chi connectivity index (χ2v) is 4.72.